The molecule has 0 radical (unpaired) electrons. The lowest BCUT2D eigenvalue weighted by molar-refractivity contribution is -0.124. The molecule has 2 aromatic rings. The minimum atomic E-state index is -0.962. The Bertz CT molecular complexity index is 910. The van der Waals surface area contributed by atoms with Crippen LogP contribution in [0, 0.1) is 11.7 Å². The third-order valence-corrected chi connectivity index (χ3v) is 4.27. The summed E-state index contributed by atoms with van der Waals surface area (Å²) in [5.74, 6) is -2.17. The fourth-order valence-electron chi connectivity index (χ4n) is 2.61. The first-order chi connectivity index (χ1) is 14.3. The topological polar surface area (TPSA) is 106 Å². The molecule has 2 rings (SSSR count). The van der Waals surface area contributed by atoms with E-state index in [0.29, 0.717) is 11.5 Å². The molecule has 3 N–H and O–H groups in total. The third-order valence-electron chi connectivity index (χ3n) is 4.27. The van der Waals surface area contributed by atoms with Crippen LogP contribution in [0.25, 0.3) is 0 Å². The highest BCUT2D eigenvalue weighted by Crippen LogP contribution is 2.22. The van der Waals surface area contributed by atoms with Crippen LogP contribution in [-0.4, -0.2) is 38.0 Å². The van der Waals surface area contributed by atoms with E-state index in [1.54, 1.807) is 19.9 Å². The average molecular weight is 417 g/mol. The fraction of sp³-hybridized carbons (Fsp3) is 0.286. The maximum atomic E-state index is 13.7. The predicted octanol–water partition coefficient (Wildman–Crippen LogP) is 2.06. The van der Waals surface area contributed by atoms with Crippen molar-refractivity contribution >= 4 is 17.7 Å². The Balaban J connectivity index is 2.08. The Morgan fingerprint density at radius 2 is 1.50 bits per heavy atom. The first kappa shape index (κ1) is 22.7. The number of amides is 3. The molecular formula is C21H24FN3O5. The maximum Gasteiger partial charge on any atom is 0.272 e. The Hall–Kier alpha value is -3.62. The summed E-state index contributed by atoms with van der Waals surface area (Å²) in [5.41, 5.74) is 4.40. The summed E-state index contributed by atoms with van der Waals surface area (Å²) in [7, 11) is 2.91. The van der Waals surface area contributed by atoms with Crippen LogP contribution < -0.4 is 25.6 Å². The van der Waals surface area contributed by atoms with Crippen molar-refractivity contribution in [2.24, 2.45) is 5.92 Å². The van der Waals surface area contributed by atoms with Gasteiger partial charge in [0.25, 0.3) is 17.7 Å². The Morgan fingerprint density at radius 3 is 2.03 bits per heavy atom. The van der Waals surface area contributed by atoms with Crippen LogP contribution in [0.3, 0.4) is 0 Å². The third kappa shape index (κ3) is 5.69. The molecule has 0 aliphatic rings. The first-order valence-electron chi connectivity index (χ1n) is 9.15. The lowest BCUT2D eigenvalue weighted by Crippen LogP contribution is -2.54. The van der Waals surface area contributed by atoms with E-state index in [-0.39, 0.29) is 17.0 Å². The monoisotopic (exact) mass is 417 g/mol. The standard InChI is InChI=1S/C21H24FN3O5/c1-12(2)18(21(28)25-24-20(27)16-7-5-6-8-17(16)22)23-19(26)13-9-14(29-3)11-15(10-13)30-4/h5-12,18H,1-4H3,(H,23,26)(H,24,27)(H,25,28)/t18-/m0/s1. The summed E-state index contributed by atoms with van der Waals surface area (Å²) < 4.78 is 24.0. The number of hydrogen-bond donors (Lipinski definition) is 3. The average Bonchev–Trinajstić information content (AvgIpc) is 2.74. The van der Waals surface area contributed by atoms with Gasteiger partial charge in [0.05, 0.1) is 19.8 Å². The number of nitrogens with one attached hydrogen (secondary N) is 3. The highest BCUT2D eigenvalue weighted by Gasteiger charge is 2.26. The molecule has 0 spiro atoms. The number of hydrogen-bond acceptors (Lipinski definition) is 5. The second kappa shape index (κ2) is 10.2. The van der Waals surface area contributed by atoms with E-state index in [1.165, 1.54) is 44.6 Å². The molecule has 0 saturated heterocycles. The molecule has 0 aliphatic heterocycles. The van der Waals surface area contributed by atoms with Gasteiger partial charge in [0.15, 0.2) is 0 Å². The van der Waals surface area contributed by atoms with Gasteiger partial charge in [-0.2, -0.15) is 0 Å². The molecule has 8 nitrogen and oxygen atoms in total. The van der Waals surface area contributed by atoms with Crippen molar-refractivity contribution in [1.29, 1.82) is 0 Å². The van der Waals surface area contributed by atoms with E-state index < -0.39 is 29.6 Å². The van der Waals surface area contributed by atoms with Gasteiger partial charge >= 0.3 is 0 Å². The van der Waals surface area contributed by atoms with Crippen molar-refractivity contribution in [2.75, 3.05) is 14.2 Å². The smallest absolute Gasteiger partial charge is 0.272 e. The summed E-state index contributed by atoms with van der Waals surface area (Å²) in [6, 6.07) is 9.03. The van der Waals surface area contributed by atoms with Gasteiger partial charge in [0, 0.05) is 11.6 Å². The van der Waals surface area contributed by atoms with Gasteiger partial charge in [-0.3, -0.25) is 25.2 Å². The number of methoxy groups -OCH3 is 2. The van der Waals surface area contributed by atoms with E-state index >= 15 is 0 Å². The molecule has 9 heteroatoms. The van der Waals surface area contributed by atoms with Gasteiger partial charge < -0.3 is 14.8 Å². The highest BCUT2D eigenvalue weighted by molar-refractivity contribution is 5.99. The van der Waals surface area contributed by atoms with Gasteiger partial charge in [-0.15, -0.1) is 0 Å². The molecule has 2 aromatic carbocycles. The van der Waals surface area contributed by atoms with Crippen molar-refractivity contribution in [3.05, 3.63) is 59.4 Å². The van der Waals surface area contributed by atoms with Crippen LogP contribution in [0.1, 0.15) is 34.6 Å². The van der Waals surface area contributed by atoms with E-state index in [1.807, 2.05) is 0 Å². The molecule has 0 unspecified atom stereocenters. The summed E-state index contributed by atoms with van der Waals surface area (Å²) in [4.78, 5) is 37.3. The molecule has 160 valence electrons. The van der Waals surface area contributed by atoms with Crippen molar-refractivity contribution < 1.29 is 28.2 Å². The zero-order chi connectivity index (χ0) is 22.3. The molecule has 3 amide bonds. The maximum absolute atomic E-state index is 13.7. The Kier molecular flexibility index (Phi) is 7.74. The number of benzene rings is 2. The van der Waals surface area contributed by atoms with Gasteiger partial charge in [0.2, 0.25) is 0 Å². The number of hydrazine groups is 1. The number of rotatable bonds is 7. The Labute approximate surface area is 173 Å². The quantitative estimate of drug-likeness (QED) is 0.598. The number of carbonyl (C=O) groups excluding carboxylic acids is 3. The summed E-state index contributed by atoms with van der Waals surface area (Å²) in [6.07, 6.45) is 0. The van der Waals surface area contributed by atoms with Crippen molar-refractivity contribution in [1.82, 2.24) is 16.2 Å². The minimum absolute atomic E-state index is 0.216. The van der Waals surface area contributed by atoms with Crippen LogP contribution in [-0.2, 0) is 4.79 Å². The largest absolute Gasteiger partial charge is 0.497 e. The van der Waals surface area contributed by atoms with Crippen LogP contribution in [0.4, 0.5) is 4.39 Å². The lowest BCUT2D eigenvalue weighted by Gasteiger charge is -2.22. The van der Waals surface area contributed by atoms with Crippen LogP contribution >= 0.6 is 0 Å². The molecule has 0 heterocycles. The number of carbonyl (C=O) groups is 3. The van der Waals surface area contributed by atoms with Gasteiger partial charge in [-0.1, -0.05) is 26.0 Å². The SMILES string of the molecule is COc1cc(OC)cc(C(=O)N[C@H](C(=O)NNC(=O)c2ccccc2F)C(C)C)c1. The van der Waals surface area contributed by atoms with E-state index in [9.17, 15) is 18.8 Å². The van der Waals surface area contributed by atoms with Crippen molar-refractivity contribution in [3.63, 3.8) is 0 Å². The molecule has 1 atom stereocenters. The lowest BCUT2D eigenvalue weighted by atomic mass is 10.0. The van der Waals surface area contributed by atoms with Crippen LogP contribution in [0.2, 0.25) is 0 Å². The molecule has 0 saturated carbocycles. The molecule has 0 fully saturated rings. The zero-order valence-electron chi connectivity index (χ0n) is 17.1. The van der Waals surface area contributed by atoms with E-state index in [2.05, 4.69) is 16.2 Å². The Morgan fingerprint density at radius 1 is 0.900 bits per heavy atom. The van der Waals surface area contributed by atoms with Gasteiger partial charge in [0.1, 0.15) is 23.4 Å². The molecule has 30 heavy (non-hydrogen) atoms. The predicted molar refractivity (Wildman–Crippen MR) is 108 cm³/mol. The molecular weight excluding hydrogens is 393 g/mol. The van der Waals surface area contributed by atoms with E-state index in [4.69, 9.17) is 9.47 Å². The van der Waals surface area contributed by atoms with Crippen molar-refractivity contribution in [2.45, 2.75) is 19.9 Å². The second-order valence-electron chi connectivity index (χ2n) is 6.72. The molecule has 0 bridgehead atoms. The molecule has 0 aromatic heterocycles. The number of halogens is 1. The van der Waals surface area contributed by atoms with Gasteiger partial charge in [-0.05, 0) is 30.2 Å². The summed E-state index contributed by atoms with van der Waals surface area (Å²) >= 11 is 0. The zero-order valence-corrected chi connectivity index (χ0v) is 17.1. The van der Waals surface area contributed by atoms with Gasteiger partial charge in [-0.25, -0.2) is 4.39 Å². The van der Waals surface area contributed by atoms with Crippen LogP contribution in [0.5, 0.6) is 11.5 Å². The first-order valence-corrected chi connectivity index (χ1v) is 9.15. The van der Waals surface area contributed by atoms with Crippen molar-refractivity contribution in [3.8, 4) is 11.5 Å². The second-order valence-corrected chi connectivity index (χ2v) is 6.72. The minimum Gasteiger partial charge on any atom is -0.497 e. The normalized spacial score (nSPS) is 11.4. The highest BCUT2D eigenvalue weighted by atomic mass is 19.1. The number of ether oxygens (including phenoxy) is 2. The fourth-order valence-corrected chi connectivity index (χ4v) is 2.61. The molecule has 0 aliphatic carbocycles. The summed E-state index contributed by atoms with van der Waals surface area (Å²) in [6.45, 7) is 3.46. The summed E-state index contributed by atoms with van der Waals surface area (Å²) in [5, 5.41) is 2.62. The van der Waals surface area contributed by atoms with E-state index in [0.717, 1.165) is 6.07 Å². The van der Waals surface area contributed by atoms with Crippen LogP contribution in [0.15, 0.2) is 42.5 Å².